The number of anilines is 3. The molecule has 0 aliphatic carbocycles. The third-order valence-corrected chi connectivity index (χ3v) is 3.58. The van der Waals surface area contributed by atoms with Crippen LogP contribution in [0, 0.1) is 0 Å². The van der Waals surface area contributed by atoms with Gasteiger partial charge in [-0.25, -0.2) is 4.98 Å². The van der Waals surface area contributed by atoms with Crippen LogP contribution in [0.2, 0.25) is 0 Å². The second-order valence-corrected chi connectivity index (χ2v) is 5.42. The maximum Gasteiger partial charge on any atom is 0.227 e. The van der Waals surface area contributed by atoms with Crippen LogP contribution in [0.4, 0.5) is 17.5 Å². The summed E-state index contributed by atoms with van der Waals surface area (Å²) >= 11 is 0. The molecule has 0 fully saturated rings. The molecule has 1 aromatic heterocycles. The van der Waals surface area contributed by atoms with Crippen molar-refractivity contribution in [3.63, 3.8) is 0 Å². The molecule has 1 aromatic carbocycles. The summed E-state index contributed by atoms with van der Waals surface area (Å²) in [5, 5.41) is 3.29. The highest BCUT2D eigenvalue weighted by molar-refractivity contribution is 5.66. The molecule has 2 rings (SSSR count). The maximum absolute atomic E-state index is 5.40. The van der Waals surface area contributed by atoms with Crippen molar-refractivity contribution < 1.29 is 9.47 Å². The molecule has 0 amide bonds. The van der Waals surface area contributed by atoms with E-state index in [1.165, 1.54) is 0 Å². The average Bonchev–Trinajstić information content (AvgIpc) is 2.61. The number of hydrogen-bond donors (Lipinski definition) is 1. The molecular weight excluding hydrogens is 304 g/mol. The molecule has 6 nitrogen and oxygen atoms in total. The number of hydrogen-bond acceptors (Lipinski definition) is 6. The van der Waals surface area contributed by atoms with E-state index in [-0.39, 0.29) is 0 Å². The molecule has 0 saturated carbocycles. The molecule has 2 aromatic rings. The van der Waals surface area contributed by atoms with Gasteiger partial charge in [-0.2, -0.15) is 4.98 Å². The van der Waals surface area contributed by atoms with Crippen molar-refractivity contribution in [1.29, 1.82) is 0 Å². The van der Waals surface area contributed by atoms with Gasteiger partial charge in [-0.1, -0.05) is 13.8 Å². The molecular formula is C18H26N4O2. The molecule has 0 aliphatic heterocycles. The summed E-state index contributed by atoms with van der Waals surface area (Å²) in [7, 11) is 3.28. The lowest BCUT2D eigenvalue weighted by Gasteiger charge is -2.21. The second kappa shape index (κ2) is 8.96. The summed E-state index contributed by atoms with van der Waals surface area (Å²) in [6.45, 7) is 6.21. The summed E-state index contributed by atoms with van der Waals surface area (Å²) in [6, 6.07) is 7.46. The molecule has 1 N–H and O–H groups in total. The van der Waals surface area contributed by atoms with Gasteiger partial charge in [0.25, 0.3) is 0 Å². The number of nitrogens with one attached hydrogen (secondary N) is 1. The molecule has 6 heteroatoms. The summed E-state index contributed by atoms with van der Waals surface area (Å²) in [5.41, 5.74) is 0.805. The third-order valence-electron chi connectivity index (χ3n) is 3.58. The average molecular weight is 330 g/mol. The zero-order valence-electron chi connectivity index (χ0n) is 14.9. The Hall–Kier alpha value is -2.50. The Bertz CT molecular complexity index is 643. The van der Waals surface area contributed by atoms with Crippen molar-refractivity contribution in [3.05, 3.63) is 30.5 Å². The molecule has 0 spiro atoms. The molecule has 0 radical (unpaired) electrons. The number of aromatic nitrogens is 2. The fraction of sp³-hybridized carbons (Fsp3) is 0.444. The van der Waals surface area contributed by atoms with E-state index >= 15 is 0 Å². The Morgan fingerprint density at radius 3 is 2.42 bits per heavy atom. The fourth-order valence-corrected chi connectivity index (χ4v) is 2.47. The monoisotopic (exact) mass is 330 g/mol. The largest absolute Gasteiger partial charge is 0.497 e. The Morgan fingerprint density at radius 2 is 1.79 bits per heavy atom. The predicted octanol–water partition coefficient (Wildman–Crippen LogP) is 3.86. The van der Waals surface area contributed by atoms with Gasteiger partial charge in [-0.15, -0.1) is 0 Å². The van der Waals surface area contributed by atoms with Gasteiger partial charge in [0.2, 0.25) is 5.95 Å². The smallest absolute Gasteiger partial charge is 0.227 e. The molecule has 0 unspecified atom stereocenters. The molecule has 0 aliphatic rings. The zero-order chi connectivity index (χ0) is 17.4. The van der Waals surface area contributed by atoms with Gasteiger partial charge < -0.3 is 19.7 Å². The Labute approximate surface area is 143 Å². The number of rotatable bonds is 9. The molecule has 0 saturated heterocycles. The molecule has 1 heterocycles. The number of ether oxygens (including phenoxy) is 2. The third kappa shape index (κ3) is 4.50. The van der Waals surface area contributed by atoms with E-state index in [1.54, 1.807) is 20.4 Å². The lowest BCUT2D eigenvalue weighted by atomic mass is 10.2. The first-order valence-corrected chi connectivity index (χ1v) is 8.28. The Morgan fingerprint density at radius 1 is 1.04 bits per heavy atom. The van der Waals surface area contributed by atoms with Gasteiger partial charge in [0, 0.05) is 25.4 Å². The van der Waals surface area contributed by atoms with E-state index in [4.69, 9.17) is 9.47 Å². The van der Waals surface area contributed by atoms with E-state index in [1.807, 2.05) is 24.3 Å². The van der Waals surface area contributed by atoms with Crippen molar-refractivity contribution >= 4 is 17.5 Å². The molecule has 130 valence electrons. The topological polar surface area (TPSA) is 59.5 Å². The maximum atomic E-state index is 5.40. The number of methoxy groups -OCH3 is 2. The van der Waals surface area contributed by atoms with Crippen LogP contribution < -0.4 is 19.7 Å². The summed E-state index contributed by atoms with van der Waals surface area (Å²) in [5.74, 6) is 2.95. The van der Waals surface area contributed by atoms with Crippen LogP contribution in [-0.2, 0) is 0 Å². The normalized spacial score (nSPS) is 10.3. The summed E-state index contributed by atoms with van der Waals surface area (Å²) in [6.07, 6.45) is 3.89. The van der Waals surface area contributed by atoms with E-state index in [0.717, 1.165) is 54.9 Å². The second-order valence-electron chi connectivity index (χ2n) is 5.42. The van der Waals surface area contributed by atoms with Crippen LogP contribution in [0.15, 0.2) is 30.5 Å². The Kier molecular flexibility index (Phi) is 6.66. The van der Waals surface area contributed by atoms with Gasteiger partial charge in [0.05, 0.1) is 19.9 Å². The van der Waals surface area contributed by atoms with Crippen molar-refractivity contribution in [1.82, 2.24) is 9.97 Å². The van der Waals surface area contributed by atoms with Crippen molar-refractivity contribution in [3.8, 4) is 11.5 Å². The minimum absolute atomic E-state index is 0.726. The lowest BCUT2D eigenvalue weighted by molar-refractivity contribution is 0.405. The summed E-state index contributed by atoms with van der Waals surface area (Å²) in [4.78, 5) is 11.3. The highest BCUT2D eigenvalue weighted by Crippen LogP contribution is 2.31. The minimum atomic E-state index is 0.726. The van der Waals surface area contributed by atoms with Gasteiger partial charge in [0.1, 0.15) is 17.3 Å². The fourth-order valence-electron chi connectivity index (χ4n) is 2.47. The van der Waals surface area contributed by atoms with Crippen molar-refractivity contribution in [2.45, 2.75) is 26.7 Å². The van der Waals surface area contributed by atoms with E-state index in [2.05, 4.69) is 34.0 Å². The zero-order valence-corrected chi connectivity index (χ0v) is 14.9. The first-order chi connectivity index (χ1) is 11.7. The summed E-state index contributed by atoms with van der Waals surface area (Å²) < 4.78 is 10.7. The van der Waals surface area contributed by atoms with Crippen LogP contribution in [-0.4, -0.2) is 37.3 Å². The lowest BCUT2D eigenvalue weighted by Crippen LogP contribution is -2.27. The van der Waals surface area contributed by atoms with E-state index in [9.17, 15) is 0 Å². The minimum Gasteiger partial charge on any atom is -0.497 e. The van der Waals surface area contributed by atoms with Crippen LogP contribution >= 0.6 is 0 Å². The SMILES string of the molecule is CCCN(CCC)c1nccc(Nc2cc(OC)ccc2OC)n1. The number of nitrogens with zero attached hydrogens (tertiary/aromatic N) is 3. The standard InChI is InChI=1S/C18H26N4O2/c1-5-11-22(12-6-2)18-19-10-9-17(21-18)20-15-13-14(23-3)7-8-16(15)24-4/h7-10,13H,5-6,11-12H2,1-4H3,(H,19,20,21). The van der Waals surface area contributed by atoms with Crippen molar-refractivity contribution in [2.75, 3.05) is 37.5 Å². The Balaban J connectivity index is 2.26. The van der Waals surface area contributed by atoms with Crippen LogP contribution in [0.3, 0.4) is 0 Å². The van der Waals surface area contributed by atoms with E-state index in [0.29, 0.717) is 0 Å². The van der Waals surface area contributed by atoms with Crippen molar-refractivity contribution in [2.24, 2.45) is 0 Å². The van der Waals surface area contributed by atoms with Crippen LogP contribution in [0.5, 0.6) is 11.5 Å². The quantitative estimate of drug-likeness (QED) is 0.753. The van der Waals surface area contributed by atoms with E-state index < -0.39 is 0 Å². The number of benzene rings is 1. The van der Waals surface area contributed by atoms with Gasteiger partial charge in [-0.05, 0) is 31.0 Å². The highest BCUT2D eigenvalue weighted by atomic mass is 16.5. The van der Waals surface area contributed by atoms with Gasteiger partial charge >= 0.3 is 0 Å². The molecule has 0 bridgehead atoms. The van der Waals surface area contributed by atoms with Gasteiger partial charge in [-0.3, -0.25) is 0 Å². The first kappa shape index (κ1) is 17.8. The van der Waals surface area contributed by atoms with Crippen LogP contribution in [0.1, 0.15) is 26.7 Å². The molecule has 24 heavy (non-hydrogen) atoms. The highest BCUT2D eigenvalue weighted by Gasteiger charge is 2.10. The first-order valence-electron chi connectivity index (χ1n) is 8.28. The predicted molar refractivity (Wildman–Crippen MR) is 97.7 cm³/mol. The molecule has 0 atom stereocenters. The van der Waals surface area contributed by atoms with Gasteiger partial charge in [0.15, 0.2) is 0 Å². The van der Waals surface area contributed by atoms with Crippen LogP contribution in [0.25, 0.3) is 0 Å².